The van der Waals surface area contributed by atoms with Gasteiger partial charge in [0.25, 0.3) is 0 Å². The number of nitrogens with two attached hydrogens (primary N) is 1. The second-order valence-electron chi connectivity index (χ2n) is 4.62. The normalized spacial score (nSPS) is 15.9. The average Bonchev–Trinajstić information content (AvgIpc) is 2.15. The van der Waals surface area contributed by atoms with Gasteiger partial charge in [0.2, 0.25) is 0 Å². The van der Waals surface area contributed by atoms with Gasteiger partial charge in [-0.25, -0.2) is 0 Å². The molecule has 3 N–H and O–H groups in total. The Morgan fingerprint density at radius 1 is 1.14 bits per heavy atom. The first-order valence-corrected chi connectivity index (χ1v) is 6.05. The van der Waals surface area contributed by atoms with Crippen molar-refractivity contribution in [1.82, 2.24) is 5.32 Å². The fourth-order valence-electron chi connectivity index (χ4n) is 1.82. The SMILES string of the molecule is CCC(C)C(CCN)CCNC(C)C. The minimum Gasteiger partial charge on any atom is -0.330 e. The Kier molecular flexibility index (Phi) is 8.20. The van der Waals surface area contributed by atoms with Crippen LogP contribution in [0, 0.1) is 11.8 Å². The molecule has 0 heterocycles. The summed E-state index contributed by atoms with van der Waals surface area (Å²) in [4.78, 5) is 0. The molecule has 0 fully saturated rings. The van der Waals surface area contributed by atoms with Crippen LogP contribution in [0.1, 0.15) is 47.0 Å². The van der Waals surface area contributed by atoms with Crippen molar-refractivity contribution in [3.63, 3.8) is 0 Å². The lowest BCUT2D eigenvalue weighted by Crippen LogP contribution is -2.27. The van der Waals surface area contributed by atoms with E-state index in [0.717, 1.165) is 24.9 Å². The molecule has 0 aromatic rings. The predicted molar refractivity (Wildman–Crippen MR) is 64.4 cm³/mol. The molecular weight excluding hydrogens is 172 g/mol. The van der Waals surface area contributed by atoms with E-state index < -0.39 is 0 Å². The summed E-state index contributed by atoms with van der Waals surface area (Å²) in [5, 5.41) is 3.47. The lowest BCUT2D eigenvalue weighted by molar-refractivity contribution is 0.304. The van der Waals surface area contributed by atoms with Gasteiger partial charge in [-0.15, -0.1) is 0 Å². The second-order valence-corrected chi connectivity index (χ2v) is 4.62. The minimum absolute atomic E-state index is 0.602. The van der Waals surface area contributed by atoms with Crippen LogP contribution in [0.2, 0.25) is 0 Å². The van der Waals surface area contributed by atoms with Crippen molar-refractivity contribution in [2.24, 2.45) is 17.6 Å². The third-order valence-electron chi connectivity index (χ3n) is 3.05. The van der Waals surface area contributed by atoms with E-state index in [1.165, 1.54) is 19.3 Å². The standard InChI is InChI=1S/C12H28N2/c1-5-11(4)12(6-8-13)7-9-14-10(2)3/h10-12,14H,5-9,13H2,1-4H3. The third-order valence-corrected chi connectivity index (χ3v) is 3.05. The monoisotopic (exact) mass is 200 g/mol. The van der Waals surface area contributed by atoms with Crippen LogP contribution in [-0.2, 0) is 0 Å². The van der Waals surface area contributed by atoms with E-state index >= 15 is 0 Å². The summed E-state index contributed by atoms with van der Waals surface area (Å²) < 4.78 is 0. The molecule has 0 saturated heterocycles. The van der Waals surface area contributed by atoms with Gasteiger partial charge in [-0.2, -0.15) is 0 Å². The highest BCUT2D eigenvalue weighted by atomic mass is 14.9. The van der Waals surface area contributed by atoms with Gasteiger partial charge in [-0.1, -0.05) is 34.1 Å². The van der Waals surface area contributed by atoms with Crippen molar-refractivity contribution in [1.29, 1.82) is 0 Å². The molecule has 0 bridgehead atoms. The Morgan fingerprint density at radius 2 is 1.79 bits per heavy atom. The van der Waals surface area contributed by atoms with Crippen LogP contribution < -0.4 is 11.1 Å². The van der Waals surface area contributed by atoms with Crippen molar-refractivity contribution < 1.29 is 0 Å². The first kappa shape index (κ1) is 13.9. The number of rotatable bonds is 8. The van der Waals surface area contributed by atoms with E-state index in [0.29, 0.717) is 6.04 Å². The molecule has 2 nitrogen and oxygen atoms in total. The Morgan fingerprint density at radius 3 is 2.21 bits per heavy atom. The van der Waals surface area contributed by atoms with Gasteiger partial charge in [-0.05, 0) is 37.8 Å². The summed E-state index contributed by atoms with van der Waals surface area (Å²) in [6.45, 7) is 11.0. The van der Waals surface area contributed by atoms with Crippen LogP contribution >= 0.6 is 0 Å². The van der Waals surface area contributed by atoms with Crippen molar-refractivity contribution in [3.05, 3.63) is 0 Å². The van der Waals surface area contributed by atoms with E-state index in [4.69, 9.17) is 5.73 Å². The third kappa shape index (κ3) is 6.39. The van der Waals surface area contributed by atoms with Gasteiger partial charge in [0.05, 0.1) is 0 Å². The molecule has 0 saturated carbocycles. The summed E-state index contributed by atoms with van der Waals surface area (Å²) in [6, 6.07) is 0.602. The van der Waals surface area contributed by atoms with Crippen LogP contribution in [0.3, 0.4) is 0 Å². The second kappa shape index (κ2) is 8.25. The molecule has 86 valence electrons. The highest BCUT2D eigenvalue weighted by molar-refractivity contribution is 4.68. The van der Waals surface area contributed by atoms with Gasteiger partial charge in [-0.3, -0.25) is 0 Å². The van der Waals surface area contributed by atoms with Crippen LogP contribution in [0.15, 0.2) is 0 Å². The summed E-state index contributed by atoms with van der Waals surface area (Å²) in [6.07, 6.45) is 3.71. The summed E-state index contributed by atoms with van der Waals surface area (Å²) in [5.41, 5.74) is 5.63. The zero-order valence-electron chi connectivity index (χ0n) is 10.3. The summed E-state index contributed by atoms with van der Waals surface area (Å²) in [7, 11) is 0. The Labute approximate surface area is 89.6 Å². The summed E-state index contributed by atoms with van der Waals surface area (Å²) in [5.74, 6) is 1.61. The maximum Gasteiger partial charge on any atom is 0.00103 e. The van der Waals surface area contributed by atoms with E-state index in [1.54, 1.807) is 0 Å². The smallest absolute Gasteiger partial charge is 0.00103 e. The zero-order chi connectivity index (χ0) is 11.0. The molecule has 0 aliphatic rings. The van der Waals surface area contributed by atoms with Crippen LogP contribution in [0.4, 0.5) is 0 Å². The van der Waals surface area contributed by atoms with Gasteiger partial charge >= 0.3 is 0 Å². The molecule has 0 aliphatic carbocycles. The van der Waals surface area contributed by atoms with Crippen LogP contribution in [-0.4, -0.2) is 19.1 Å². The van der Waals surface area contributed by atoms with Gasteiger partial charge < -0.3 is 11.1 Å². The number of hydrogen-bond acceptors (Lipinski definition) is 2. The van der Waals surface area contributed by atoms with E-state index in [-0.39, 0.29) is 0 Å². The Balaban J connectivity index is 3.72. The molecule has 2 atom stereocenters. The maximum atomic E-state index is 5.63. The lowest BCUT2D eigenvalue weighted by Gasteiger charge is -2.23. The van der Waals surface area contributed by atoms with Crippen molar-refractivity contribution in [2.45, 2.75) is 53.0 Å². The molecule has 0 spiro atoms. The first-order valence-electron chi connectivity index (χ1n) is 6.05. The Hall–Kier alpha value is -0.0800. The highest BCUT2D eigenvalue weighted by Crippen LogP contribution is 2.21. The van der Waals surface area contributed by atoms with Gasteiger partial charge in [0.15, 0.2) is 0 Å². The molecule has 0 aliphatic heterocycles. The Bertz CT molecular complexity index is 123. The van der Waals surface area contributed by atoms with Gasteiger partial charge in [0, 0.05) is 6.04 Å². The number of nitrogens with one attached hydrogen (secondary N) is 1. The molecular formula is C12H28N2. The number of hydrogen-bond donors (Lipinski definition) is 2. The molecule has 14 heavy (non-hydrogen) atoms. The maximum absolute atomic E-state index is 5.63. The fourth-order valence-corrected chi connectivity index (χ4v) is 1.82. The van der Waals surface area contributed by atoms with E-state index in [1.807, 2.05) is 0 Å². The predicted octanol–water partition coefficient (Wildman–Crippen LogP) is 2.39. The van der Waals surface area contributed by atoms with Crippen molar-refractivity contribution >= 4 is 0 Å². The molecule has 0 rings (SSSR count). The highest BCUT2D eigenvalue weighted by Gasteiger charge is 2.14. The summed E-state index contributed by atoms with van der Waals surface area (Å²) >= 11 is 0. The molecule has 2 unspecified atom stereocenters. The largest absolute Gasteiger partial charge is 0.330 e. The molecule has 0 radical (unpaired) electrons. The topological polar surface area (TPSA) is 38.0 Å². The molecule has 0 aromatic heterocycles. The quantitative estimate of drug-likeness (QED) is 0.631. The van der Waals surface area contributed by atoms with Crippen LogP contribution in [0.25, 0.3) is 0 Å². The first-order chi connectivity index (χ1) is 6.61. The lowest BCUT2D eigenvalue weighted by atomic mass is 9.86. The average molecular weight is 200 g/mol. The minimum atomic E-state index is 0.602. The van der Waals surface area contributed by atoms with E-state index in [9.17, 15) is 0 Å². The van der Waals surface area contributed by atoms with Crippen molar-refractivity contribution in [3.8, 4) is 0 Å². The van der Waals surface area contributed by atoms with Gasteiger partial charge in [0.1, 0.15) is 0 Å². The fraction of sp³-hybridized carbons (Fsp3) is 1.00. The molecule has 0 aromatic carbocycles. The van der Waals surface area contributed by atoms with Crippen molar-refractivity contribution in [2.75, 3.05) is 13.1 Å². The molecule has 0 amide bonds. The zero-order valence-corrected chi connectivity index (χ0v) is 10.3. The van der Waals surface area contributed by atoms with E-state index in [2.05, 4.69) is 33.0 Å². The molecule has 2 heteroatoms. The van der Waals surface area contributed by atoms with Crippen LogP contribution in [0.5, 0.6) is 0 Å².